The Bertz CT molecular complexity index is 1960. The van der Waals surface area contributed by atoms with Crippen LogP contribution in [0, 0.1) is 0 Å². The number of rotatable bonds is 14. The average molecular weight is 767 g/mol. The Labute approximate surface area is 313 Å². The van der Waals surface area contributed by atoms with Crippen LogP contribution in [0.15, 0.2) is 188 Å². The van der Waals surface area contributed by atoms with Crippen molar-refractivity contribution in [3.63, 3.8) is 0 Å². The third kappa shape index (κ3) is 8.59. The Balaban J connectivity index is 1.44. The van der Waals surface area contributed by atoms with Gasteiger partial charge in [-0.25, -0.2) is 0 Å². The van der Waals surface area contributed by atoms with E-state index in [1.807, 2.05) is 184 Å². The maximum atomic E-state index is 7.10. The Morgan fingerprint density at radius 2 is 1.06 bits per heavy atom. The number of hydrogen-bond donors (Lipinski definition) is 3. The Morgan fingerprint density at radius 3 is 1.53 bits per heavy atom. The largest absolute Gasteiger partial charge is 0.562 e. The molecule has 5 unspecified atom stereocenters. The van der Waals surface area contributed by atoms with Crippen LogP contribution in [-0.2, 0) is 4.52 Å². The van der Waals surface area contributed by atoms with Gasteiger partial charge in [0.05, 0.1) is 4.86 Å². The van der Waals surface area contributed by atoms with Gasteiger partial charge in [0, 0.05) is 0 Å². The van der Waals surface area contributed by atoms with Gasteiger partial charge >= 0.3 is 29.4 Å². The van der Waals surface area contributed by atoms with Crippen molar-refractivity contribution in [3.05, 3.63) is 188 Å². The van der Waals surface area contributed by atoms with E-state index in [0.29, 0.717) is 34.5 Å². The molecule has 0 bridgehead atoms. The van der Waals surface area contributed by atoms with E-state index in [0.717, 1.165) is 0 Å². The van der Waals surface area contributed by atoms with Crippen LogP contribution in [0.25, 0.3) is 0 Å². The van der Waals surface area contributed by atoms with E-state index in [1.165, 1.54) is 0 Å². The maximum Gasteiger partial charge on any atom is 0.562 e. The summed E-state index contributed by atoms with van der Waals surface area (Å²) in [5.74, 6) is 2.28. The van der Waals surface area contributed by atoms with Crippen molar-refractivity contribution in [2.45, 2.75) is 31.3 Å². The van der Waals surface area contributed by atoms with E-state index >= 15 is 0 Å². The first kappa shape index (κ1) is 36.6. The minimum absolute atomic E-state index is 0.404. The summed E-state index contributed by atoms with van der Waals surface area (Å²) in [7, 11) is -9.82. The molecular formula is C41H43N3O6P3+3. The van der Waals surface area contributed by atoms with Crippen molar-refractivity contribution < 1.29 is 27.4 Å². The second-order valence-electron chi connectivity index (χ2n) is 12.2. The molecule has 2 heterocycles. The highest BCUT2D eigenvalue weighted by Crippen LogP contribution is 2.86. The fraction of sp³-hybridized carbons (Fsp3) is 0.122. The molecule has 2 aliphatic rings. The van der Waals surface area contributed by atoms with Crippen LogP contribution in [0.2, 0.25) is 0 Å². The number of para-hydroxylation sites is 5. The zero-order valence-electron chi connectivity index (χ0n) is 29.5. The number of hydrogen-bond acceptors (Lipinski definition) is 9. The number of benzene rings is 5. The molecule has 0 amide bonds. The van der Waals surface area contributed by atoms with E-state index in [4.69, 9.17) is 27.4 Å². The topological polar surface area (TPSA) is 91.5 Å². The first-order valence-electron chi connectivity index (χ1n) is 17.3. The van der Waals surface area contributed by atoms with Crippen LogP contribution in [-0.4, -0.2) is 17.4 Å². The molecule has 5 atom stereocenters. The molecule has 3 N–H and O–H groups in total. The van der Waals surface area contributed by atoms with E-state index in [-0.39, 0.29) is 0 Å². The zero-order chi connectivity index (χ0) is 36.6. The van der Waals surface area contributed by atoms with Crippen molar-refractivity contribution >= 4 is 23.5 Å². The zero-order valence-corrected chi connectivity index (χ0v) is 32.2. The summed E-state index contributed by atoms with van der Waals surface area (Å²) in [6.07, 6.45) is 7.31. The lowest BCUT2D eigenvalue weighted by atomic mass is 10.3. The molecule has 12 heteroatoms. The Hall–Kier alpha value is -4.71. The SMILES string of the molecule is C=CC(=CC=CC)O[P+]1(Oc2ccccc2)NC2C(Oc3ccccc3)[P+]2(Oc2ccccc2)NC(C)[P+](Oc2ccccc2)(Oc2ccccc2)N1. The predicted octanol–water partition coefficient (Wildman–Crippen LogP) is 11.1. The first-order valence-corrected chi connectivity index (χ1v) is 22.5. The number of ether oxygens (including phenoxy) is 1. The lowest BCUT2D eigenvalue weighted by Gasteiger charge is -2.33. The average Bonchev–Trinajstić information content (AvgIpc) is 3.74. The standard InChI is InChI=1S/C41H43N3O6P3/c1-4-6-22-34(5-2)49-53(50-39-31-20-11-21-32-39)43-40-41(45-35-23-12-7-13-24-35)51(40,46-36-25-14-8-15-26-36)42-33(3)52(44-53,47-37-27-16-9-17-28-37)48-38-29-18-10-19-30-38/h4-33,40-44H,2H2,1,3H3/q+3. The number of fused-ring (bicyclic) bond motifs is 1. The van der Waals surface area contributed by atoms with E-state index in [1.54, 1.807) is 6.08 Å². The molecule has 0 aliphatic carbocycles. The summed E-state index contributed by atoms with van der Waals surface area (Å²) in [5, 5.41) is 7.74. The fourth-order valence-corrected chi connectivity index (χ4v) is 16.9. The normalized spacial score (nSPS) is 24.8. The van der Waals surface area contributed by atoms with Gasteiger partial charge in [-0.3, -0.25) is 18.1 Å². The van der Waals surface area contributed by atoms with Gasteiger partial charge in [0.25, 0.3) is 5.78 Å². The van der Waals surface area contributed by atoms with Crippen LogP contribution in [0.1, 0.15) is 13.8 Å². The summed E-state index contributed by atoms with van der Waals surface area (Å²) in [6.45, 7) is 8.07. The smallest absolute Gasteiger partial charge is 0.446 e. The second kappa shape index (κ2) is 16.5. The molecule has 0 aromatic heterocycles. The summed E-state index contributed by atoms with van der Waals surface area (Å²) >= 11 is 0. The van der Waals surface area contributed by atoms with Gasteiger partial charge < -0.3 is 9.26 Å². The fourth-order valence-electron chi connectivity index (χ4n) is 5.72. The summed E-state index contributed by atoms with van der Waals surface area (Å²) in [4.78, 5) is 3.80. The Morgan fingerprint density at radius 1 is 0.604 bits per heavy atom. The first-order chi connectivity index (χ1) is 25.9. The highest BCUT2D eigenvalue weighted by Gasteiger charge is 2.91. The van der Waals surface area contributed by atoms with Crippen molar-refractivity contribution in [3.8, 4) is 28.7 Å². The van der Waals surface area contributed by atoms with Crippen molar-refractivity contribution in [1.29, 1.82) is 0 Å². The van der Waals surface area contributed by atoms with Crippen LogP contribution >= 0.6 is 23.5 Å². The van der Waals surface area contributed by atoms with Crippen molar-refractivity contribution in [2.75, 3.05) is 0 Å². The molecule has 2 saturated heterocycles. The van der Waals surface area contributed by atoms with E-state index in [2.05, 4.69) is 21.6 Å². The monoisotopic (exact) mass is 766 g/mol. The molecule has 5 aromatic rings. The van der Waals surface area contributed by atoms with Crippen molar-refractivity contribution in [2.24, 2.45) is 0 Å². The van der Waals surface area contributed by atoms with Crippen LogP contribution in [0.3, 0.4) is 0 Å². The quantitative estimate of drug-likeness (QED) is 0.0580. The molecule has 2 aliphatic heterocycles. The summed E-state index contributed by atoms with van der Waals surface area (Å²) < 4.78 is 42.2. The summed E-state index contributed by atoms with van der Waals surface area (Å²) in [5.41, 5.74) is 0. The van der Waals surface area contributed by atoms with Crippen molar-refractivity contribution in [1.82, 2.24) is 15.0 Å². The second-order valence-corrected chi connectivity index (χ2v) is 20.0. The van der Waals surface area contributed by atoms with Crippen LogP contribution in [0.4, 0.5) is 0 Å². The van der Waals surface area contributed by atoms with E-state index in [9.17, 15) is 0 Å². The van der Waals surface area contributed by atoms with Gasteiger partial charge in [-0.15, -0.1) is 5.09 Å². The highest BCUT2D eigenvalue weighted by atomic mass is 31.3. The molecule has 53 heavy (non-hydrogen) atoms. The minimum atomic E-state index is -3.58. The minimum Gasteiger partial charge on any atom is -0.446 e. The third-order valence-corrected chi connectivity index (χ3v) is 17.9. The lowest BCUT2D eigenvalue weighted by molar-refractivity contribution is 0.299. The number of allylic oxidation sites excluding steroid dienone is 4. The maximum absolute atomic E-state index is 7.10. The molecule has 7 rings (SSSR count). The van der Waals surface area contributed by atoms with Gasteiger partial charge in [-0.1, -0.05) is 115 Å². The molecule has 0 radical (unpaired) electrons. The van der Waals surface area contributed by atoms with Gasteiger partial charge in [-0.05, 0) is 86.7 Å². The molecule has 0 spiro atoms. The summed E-state index contributed by atoms with van der Waals surface area (Å²) in [6, 6.07) is 48.3. The molecule has 270 valence electrons. The molecule has 2 fully saturated rings. The molecule has 9 nitrogen and oxygen atoms in total. The third-order valence-electron chi connectivity index (χ3n) is 8.28. The van der Waals surface area contributed by atoms with Gasteiger partial charge in [0.2, 0.25) is 5.78 Å². The van der Waals surface area contributed by atoms with E-state index < -0.39 is 40.9 Å². The molecule has 0 saturated carbocycles. The molecular weight excluding hydrogens is 723 g/mol. The van der Waals surface area contributed by atoms with Gasteiger partial charge in [-0.2, -0.15) is 0 Å². The highest BCUT2D eigenvalue weighted by molar-refractivity contribution is 7.84. The molecule has 5 aromatic carbocycles. The van der Waals surface area contributed by atoms with Gasteiger partial charge in [0.15, 0.2) is 28.8 Å². The van der Waals surface area contributed by atoms with Crippen LogP contribution in [0.5, 0.6) is 28.7 Å². The van der Waals surface area contributed by atoms with Gasteiger partial charge in [0.1, 0.15) is 5.75 Å². The lowest BCUT2D eigenvalue weighted by Crippen LogP contribution is -2.46. The predicted molar refractivity (Wildman–Crippen MR) is 217 cm³/mol. The Kier molecular flexibility index (Phi) is 11.4. The van der Waals surface area contributed by atoms with Crippen LogP contribution < -0.4 is 37.9 Å². The number of nitrogens with one attached hydrogen (secondary N) is 3.